The first kappa shape index (κ1) is 18.3. The van der Waals surface area contributed by atoms with E-state index in [4.69, 9.17) is 11.6 Å². The van der Waals surface area contributed by atoms with E-state index in [-0.39, 0.29) is 16.4 Å². The molecule has 1 aromatic carbocycles. The molecule has 1 saturated carbocycles. The van der Waals surface area contributed by atoms with Crippen LogP contribution in [0.1, 0.15) is 48.9 Å². The van der Waals surface area contributed by atoms with Crippen molar-refractivity contribution in [2.24, 2.45) is 0 Å². The van der Waals surface area contributed by atoms with E-state index >= 15 is 0 Å². The number of nitrogens with zero attached hydrogens (tertiary/aromatic N) is 1. The van der Waals surface area contributed by atoms with Crippen LogP contribution in [0.4, 0.5) is 14.5 Å². The van der Waals surface area contributed by atoms with Gasteiger partial charge in [-0.1, -0.05) is 50.1 Å². The van der Waals surface area contributed by atoms with E-state index in [9.17, 15) is 13.6 Å². The van der Waals surface area contributed by atoms with Gasteiger partial charge in [0.1, 0.15) is 16.8 Å². The Labute approximate surface area is 145 Å². The number of aromatic nitrogens is 1. The molecule has 1 amide bonds. The largest absolute Gasteiger partial charge is 0.319 e. The van der Waals surface area contributed by atoms with Crippen molar-refractivity contribution in [3.63, 3.8) is 0 Å². The summed E-state index contributed by atoms with van der Waals surface area (Å²) >= 11 is 5.72. The molecule has 1 fully saturated rings. The first-order chi connectivity index (χ1) is 11.6. The van der Waals surface area contributed by atoms with Crippen molar-refractivity contribution in [1.29, 1.82) is 0 Å². The van der Waals surface area contributed by atoms with Gasteiger partial charge in [0, 0.05) is 12.3 Å². The quantitative estimate of drug-likeness (QED) is 0.714. The monoisotopic (exact) mass is 352 g/mol. The molecular formula is C18H19ClF2N2O. The third-order valence-corrected chi connectivity index (χ3v) is 3.98. The van der Waals surface area contributed by atoms with E-state index in [1.54, 1.807) is 0 Å². The maximum atomic E-state index is 13.3. The maximum Gasteiger partial charge on any atom is 0.258 e. The van der Waals surface area contributed by atoms with E-state index in [1.807, 2.05) is 0 Å². The number of nitrogens with one attached hydrogen (secondary N) is 1. The number of halogens is 3. The van der Waals surface area contributed by atoms with Gasteiger partial charge in [-0.3, -0.25) is 4.79 Å². The fourth-order valence-electron chi connectivity index (χ4n) is 2.40. The van der Waals surface area contributed by atoms with Crippen LogP contribution >= 0.6 is 11.6 Å². The van der Waals surface area contributed by atoms with E-state index in [2.05, 4.69) is 10.3 Å². The standard InChI is InChI=1S/C12H7ClF2N2O.C6H12/c13-11-8(2-1-5-16-11)12(18)17-10-4-3-7(14)6-9(10)15;1-2-4-6-5-3-1/h1-6H,(H,17,18);1-6H2. The van der Waals surface area contributed by atoms with Gasteiger partial charge >= 0.3 is 0 Å². The second-order valence-corrected chi connectivity index (χ2v) is 5.90. The number of carbonyl (C=O) groups excluding carboxylic acids is 1. The van der Waals surface area contributed by atoms with Gasteiger partial charge in [-0.25, -0.2) is 13.8 Å². The number of hydrogen-bond acceptors (Lipinski definition) is 2. The molecule has 0 bridgehead atoms. The topological polar surface area (TPSA) is 42.0 Å². The molecule has 6 heteroatoms. The zero-order valence-electron chi connectivity index (χ0n) is 13.2. The predicted molar refractivity (Wildman–Crippen MR) is 91.3 cm³/mol. The van der Waals surface area contributed by atoms with Gasteiger partial charge in [0.25, 0.3) is 5.91 Å². The third-order valence-electron chi connectivity index (χ3n) is 3.68. The summed E-state index contributed by atoms with van der Waals surface area (Å²) in [5.41, 5.74) is -0.00999. The molecular weight excluding hydrogens is 334 g/mol. The van der Waals surface area contributed by atoms with Crippen LogP contribution < -0.4 is 5.32 Å². The van der Waals surface area contributed by atoms with Gasteiger partial charge in [-0.2, -0.15) is 0 Å². The second-order valence-electron chi connectivity index (χ2n) is 5.54. The van der Waals surface area contributed by atoms with Crippen LogP contribution in [0.5, 0.6) is 0 Å². The van der Waals surface area contributed by atoms with Crippen molar-refractivity contribution in [3.05, 3.63) is 58.9 Å². The molecule has 0 aliphatic heterocycles. The van der Waals surface area contributed by atoms with Gasteiger partial charge in [0.2, 0.25) is 0 Å². The normalized spacial score (nSPS) is 13.6. The summed E-state index contributed by atoms with van der Waals surface area (Å²) < 4.78 is 26.0. The fourth-order valence-corrected chi connectivity index (χ4v) is 2.60. The number of pyridine rings is 1. The van der Waals surface area contributed by atoms with Crippen LogP contribution in [0.3, 0.4) is 0 Å². The van der Waals surface area contributed by atoms with E-state index in [0.29, 0.717) is 6.07 Å². The van der Waals surface area contributed by atoms with E-state index in [0.717, 1.165) is 12.1 Å². The summed E-state index contributed by atoms with van der Waals surface area (Å²) in [6.07, 6.45) is 10.4. The molecule has 1 heterocycles. The fraction of sp³-hybridized carbons (Fsp3) is 0.333. The van der Waals surface area contributed by atoms with Crippen molar-refractivity contribution in [1.82, 2.24) is 4.98 Å². The Morgan fingerprint density at radius 2 is 1.67 bits per heavy atom. The molecule has 3 nitrogen and oxygen atoms in total. The Hall–Kier alpha value is -2.01. The molecule has 24 heavy (non-hydrogen) atoms. The number of carbonyl (C=O) groups is 1. The van der Waals surface area contributed by atoms with E-state index < -0.39 is 17.5 Å². The lowest BCUT2D eigenvalue weighted by Gasteiger charge is -2.07. The van der Waals surface area contributed by atoms with Crippen LogP contribution in [-0.4, -0.2) is 10.9 Å². The summed E-state index contributed by atoms with van der Waals surface area (Å²) in [6.45, 7) is 0. The number of anilines is 1. The number of hydrogen-bond donors (Lipinski definition) is 1. The van der Waals surface area contributed by atoms with Crippen LogP contribution in [0.2, 0.25) is 5.15 Å². The van der Waals surface area contributed by atoms with Crippen LogP contribution in [-0.2, 0) is 0 Å². The molecule has 1 aliphatic carbocycles. The van der Waals surface area contributed by atoms with Crippen LogP contribution in [0.25, 0.3) is 0 Å². The van der Waals surface area contributed by atoms with E-state index in [1.165, 1.54) is 56.9 Å². The predicted octanol–water partition coefficient (Wildman–Crippen LogP) is 5.61. The highest BCUT2D eigenvalue weighted by Crippen LogP contribution is 2.18. The van der Waals surface area contributed by atoms with Crippen LogP contribution in [0.15, 0.2) is 36.5 Å². The highest BCUT2D eigenvalue weighted by Gasteiger charge is 2.13. The van der Waals surface area contributed by atoms with Gasteiger partial charge in [-0.15, -0.1) is 0 Å². The third kappa shape index (κ3) is 5.57. The summed E-state index contributed by atoms with van der Waals surface area (Å²) in [7, 11) is 0. The zero-order valence-corrected chi connectivity index (χ0v) is 14.0. The molecule has 0 radical (unpaired) electrons. The summed E-state index contributed by atoms with van der Waals surface area (Å²) in [4.78, 5) is 15.5. The lowest BCUT2D eigenvalue weighted by molar-refractivity contribution is 0.102. The SMILES string of the molecule is C1CCCCC1.O=C(Nc1ccc(F)cc1F)c1cccnc1Cl. The first-order valence-corrected chi connectivity index (χ1v) is 8.32. The second kappa shape index (κ2) is 9.33. The van der Waals surface area contributed by atoms with Gasteiger partial charge in [0.15, 0.2) is 0 Å². The molecule has 0 spiro atoms. The molecule has 3 rings (SSSR count). The number of rotatable bonds is 2. The van der Waals surface area contributed by atoms with Gasteiger partial charge in [-0.05, 0) is 24.3 Å². The molecule has 1 N–H and O–H groups in total. The highest BCUT2D eigenvalue weighted by atomic mass is 35.5. The lowest BCUT2D eigenvalue weighted by atomic mass is 10.0. The van der Waals surface area contributed by atoms with Crippen molar-refractivity contribution in [2.45, 2.75) is 38.5 Å². The zero-order chi connectivity index (χ0) is 17.4. The first-order valence-electron chi connectivity index (χ1n) is 7.95. The minimum atomic E-state index is -0.858. The lowest BCUT2D eigenvalue weighted by Crippen LogP contribution is -2.14. The molecule has 0 unspecified atom stereocenters. The minimum absolute atomic E-state index is 0.0116. The van der Waals surface area contributed by atoms with Crippen molar-refractivity contribution in [3.8, 4) is 0 Å². The summed E-state index contributed by atoms with van der Waals surface area (Å²) in [5.74, 6) is -2.19. The van der Waals surface area contributed by atoms with Crippen molar-refractivity contribution >= 4 is 23.2 Å². The number of benzene rings is 1. The molecule has 2 aromatic rings. The smallest absolute Gasteiger partial charge is 0.258 e. The average molecular weight is 353 g/mol. The number of amides is 1. The molecule has 1 aromatic heterocycles. The molecule has 0 atom stereocenters. The Kier molecular flexibility index (Phi) is 7.12. The molecule has 0 saturated heterocycles. The Balaban J connectivity index is 0.000000292. The van der Waals surface area contributed by atoms with Crippen molar-refractivity contribution in [2.75, 3.05) is 5.32 Å². The highest BCUT2D eigenvalue weighted by molar-refractivity contribution is 6.33. The Bertz CT molecular complexity index is 679. The summed E-state index contributed by atoms with van der Waals surface area (Å²) in [6, 6.07) is 5.84. The van der Waals surface area contributed by atoms with Crippen molar-refractivity contribution < 1.29 is 13.6 Å². The van der Waals surface area contributed by atoms with Crippen LogP contribution in [0, 0.1) is 11.6 Å². The molecule has 128 valence electrons. The Morgan fingerprint density at radius 3 is 2.21 bits per heavy atom. The average Bonchev–Trinajstić information content (AvgIpc) is 2.60. The van der Waals surface area contributed by atoms with Gasteiger partial charge in [0.05, 0.1) is 11.3 Å². The maximum absolute atomic E-state index is 13.3. The Morgan fingerprint density at radius 1 is 1.04 bits per heavy atom. The molecule has 1 aliphatic rings. The minimum Gasteiger partial charge on any atom is -0.319 e. The van der Waals surface area contributed by atoms with Gasteiger partial charge < -0.3 is 5.32 Å². The summed E-state index contributed by atoms with van der Waals surface area (Å²) in [5, 5.41) is 2.30.